The average molecular weight is 499 g/mol. The number of hydrogen-bond donors (Lipinski definition) is 1. The minimum absolute atomic E-state index is 0.0352. The minimum Gasteiger partial charge on any atom is -0.352 e. The van der Waals surface area contributed by atoms with Crippen LogP contribution in [0.5, 0.6) is 0 Å². The highest BCUT2D eigenvalue weighted by Gasteiger charge is 2.34. The van der Waals surface area contributed by atoms with Crippen LogP contribution in [0.2, 0.25) is 0 Å². The molecule has 0 bridgehead atoms. The number of carbonyl (C=O) groups excluding carboxylic acids is 1. The number of thiophene rings is 1. The highest BCUT2D eigenvalue weighted by atomic mass is 79.9. The molecule has 0 spiro atoms. The summed E-state index contributed by atoms with van der Waals surface area (Å²) in [6.45, 7) is 5.50. The summed E-state index contributed by atoms with van der Waals surface area (Å²) in [5.74, 6) is 0.0951. The SMILES string of the molecule is CCc1ccc(CNC(=O)[C@@H](C)C2CCN(S(=O)(=O)c3ccc(Br)s3)CC2)cc1. The molecule has 1 N–H and O–H groups in total. The van der Waals surface area contributed by atoms with Crippen molar-refractivity contribution in [3.05, 3.63) is 51.3 Å². The summed E-state index contributed by atoms with van der Waals surface area (Å²) in [5, 5.41) is 3.03. The zero-order valence-electron chi connectivity index (χ0n) is 16.7. The molecule has 1 aromatic heterocycles. The number of aryl methyl sites for hydroxylation is 1. The molecular weight excluding hydrogens is 472 g/mol. The molecule has 1 amide bonds. The van der Waals surface area contributed by atoms with Crippen molar-refractivity contribution in [2.45, 2.75) is 43.9 Å². The van der Waals surface area contributed by atoms with Gasteiger partial charge in [-0.15, -0.1) is 11.3 Å². The molecule has 1 aliphatic rings. The van der Waals surface area contributed by atoms with Gasteiger partial charge in [-0.3, -0.25) is 4.79 Å². The van der Waals surface area contributed by atoms with Gasteiger partial charge in [0, 0.05) is 25.6 Å². The topological polar surface area (TPSA) is 66.5 Å². The zero-order valence-corrected chi connectivity index (χ0v) is 19.9. The van der Waals surface area contributed by atoms with E-state index in [0.717, 1.165) is 15.8 Å². The van der Waals surface area contributed by atoms with Crippen molar-refractivity contribution in [1.29, 1.82) is 0 Å². The van der Waals surface area contributed by atoms with Crippen LogP contribution in [0.25, 0.3) is 0 Å². The number of sulfonamides is 1. The molecule has 1 saturated heterocycles. The maximum atomic E-state index is 12.8. The summed E-state index contributed by atoms with van der Waals surface area (Å²) in [5.41, 5.74) is 2.37. The first-order valence-electron chi connectivity index (χ1n) is 9.92. The molecule has 158 valence electrons. The number of hydrogen-bond acceptors (Lipinski definition) is 4. The van der Waals surface area contributed by atoms with Gasteiger partial charge in [-0.1, -0.05) is 38.1 Å². The van der Waals surface area contributed by atoms with Crippen molar-refractivity contribution in [2.24, 2.45) is 11.8 Å². The van der Waals surface area contributed by atoms with Crippen molar-refractivity contribution in [3.8, 4) is 0 Å². The van der Waals surface area contributed by atoms with E-state index in [1.807, 2.05) is 6.92 Å². The summed E-state index contributed by atoms with van der Waals surface area (Å²) in [7, 11) is -3.44. The summed E-state index contributed by atoms with van der Waals surface area (Å²) in [6, 6.07) is 11.7. The highest BCUT2D eigenvalue weighted by molar-refractivity contribution is 9.11. The Labute approximate surface area is 185 Å². The fourth-order valence-electron chi connectivity index (χ4n) is 3.64. The van der Waals surface area contributed by atoms with E-state index in [4.69, 9.17) is 0 Å². The maximum Gasteiger partial charge on any atom is 0.252 e. The summed E-state index contributed by atoms with van der Waals surface area (Å²) in [4.78, 5) is 12.6. The lowest BCUT2D eigenvalue weighted by Crippen LogP contribution is -2.42. The number of benzene rings is 1. The Balaban J connectivity index is 1.51. The lowest BCUT2D eigenvalue weighted by atomic mass is 9.85. The smallest absolute Gasteiger partial charge is 0.252 e. The second kappa shape index (κ2) is 9.73. The largest absolute Gasteiger partial charge is 0.352 e. The minimum atomic E-state index is -3.44. The molecule has 0 saturated carbocycles. The van der Waals surface area contributed by atoms with Crippen molar-refractivity contribution in [1.82, 2.24) is 9.62 Å². The normalized spacial score (nSPS) is 17.2. The van der Waals surface area contributed by atoms with E-state index in [1.165, 1.54) is 16.9 Å². The molecule has 0 aliphatic carbocycles. The molecule has 2 aromatic rings. The number of amides is 1. The number of piperidine rings is 1. The van der Waals surface area contributed by atoms with Gasteiger partial charge in [0.1, 0.15) is 4.21 Å². The Kier molecular flexibility index (Phi) is 7.53. The first kappa shape index (κ1) is 22.5. The van der Waals surface area contributed by atoms with E-state index in [2.05, 4.69) is 52.4 Å². The Morgan fingerprint density at radius 3 is 2.34 bits per heavy atom. The second-order valence-corrected chi connectivity index (χ2v) is 12.1. The first-order valence-corrected chi connectivity index (χ1v) is 13.0. The standard InChI is InChI=1S/C21H27BrN2O3S2/c1-3-16-4-6-17(7-5-16)14-23-21(25)15(2)18-10-12-24(13-11-18)29(26,27)20-9-8-19(22)28-20/h4-9,15,18H,3,10-14H2,1-2H3,(H,23,25)/t15-/m0/s1. The van der Waals surface area contributed by atoms with Gasteiger partial charge in [0.2, 0.25) is 5.91 Å². The van der Waals surface area contributed by atoms with E-state index in [0.29, 0.717) is 36.7 Å². The Morgan fingerprint density at radius 1 is 1.17 bits per heavy atom. The van der Waals surface area contributed by atoms with Crippen LogP contribution in [-0.2, 0) is 27.8 Å². The molecule has 8 heteroatoms. The van der Waals surface area contributed by atoms with Crippen LogP contribution in [0.4, 0.5) is 0 Å². The van der Waals surface area contributed by atoms with E-state index in [1.54, 1.807) is 16.4 Å². The molecular formula is C21H27BrN2O3S2. The van der Waals surface area contributed by atoms with Gasteiger partial charge in [-0.05, 0) is 64.4 Å². The van der Waals surface area contributed by atoms with Crippen LogP contribution in [0.15, 0.2) is 44.4 Å². The van der Waals surface area contributed by atoms with Gasteiger partial charge >= 0.3 is 0 Å². The van der Waals surface area contributed by atoms with Gasteiger partial charge in [0.25, 0.3) is 10.0 Å². The molecule has 0 unspecified atom stereocenters. The molecule has 29 heavy (non-hydrogen) atoms. The Bertz CT molecular complexity index is 933. The number of halogens is 1. The Morgan fingerprint density at radius 2 is 1.79 bits per heavy atom. The van der Waals surface area contributed by atoms with Crippen LogP contribution >= 0.6 is 27.3 Å². The fraction of sp³-hybridized carbons (Fsp3) is 0.476. The summed E-state index contributed by atoms with van der Waals surface area (Å²) >= 11 is 4.55. The summed E-state index contributed by atoms with van der Waals surface area (Å²) in [6.07, 6.45) is 2.40. The van der Waals surface area contributed by atoms with Crippen LogP contribution in [0.1, 0.15) is 37.8 Å². The van der Waals surface area contributed by atoms with Gasteiger partial charge in [-0.25, -0.2) is 8.42 Å². The lowest BCUT2D eigenvalue weighted by molar-refractivity contribution is -0.126. The van der Waals surface area contributed by atoms with E-state index in [-0.39, 0.29) is 17.7 Å². The highest BCUT2D eigenvalue weighted by Crippen LogP contribution is 2.32. The van der Waals surface area contributed by atoms with E-state index in [9.17, 15) is 13.2 Å². The van der Waals surface area contributed by atoms with Crippen molar-refractivity contribution >= 4 is 43.2 Å². The number of carbonyl (C=O) groups is 1. The lowest BCUT2D eigenvalue weighted by Gasteiger charge is -2.33. The predicted octanol–water partition coefficient (Wildman–Crippen LogP) is 4.43. The molecule has 1 aromatic carbocycles. The predicted molar refractivity (Wildman–Crippen MR) is 120 cm³/mol. The molecule has 2 heterocycles. The quantitative estimate of drug-likeness (QED) is 0.613. The molecule has 0 radical (unpaired) electrons. The fourth-order valence-corrected chi connectivity index (χ4v) is 7.27. The van der Waals surface area contributed by atoms with Crippen LogP contribution in [0, 0.1) is 11.8 Å². The van der Waals surface area contributed by atoms with Crippen molar-refractivity contribution < 1.29 is 13.2 Å². The van der Waals surface area contributed by atoms with Gasteiger partial charge in [0.15, 0.2) is 0 Å². The zero-order chi connectivity index (χ0) is 21.0. The third kappa shape index (κ3) is 5.48. The summed E-state index contributed by atoms with van der Waals surface area (Å²) < 4.78 is 28.2. The van der Waals surface area contributed by atoms with Crippen LogP contribution in [-0.4, -0.2) is 31.7 Å². The van der Waals surface area contributed by atoms with Crippen LogP contribution < -0.4 is 5.32 Å². The maximum absolute atomic E-state index is 12.8. The first-order chi connectivity index (χ1) is 13.8. The average Bonchev–Trinajstić information content (AvgIpc) is 3.19. The monoisotopic (exact) mass is 498 g/mol. The second-order valence-electron chi connectivity index (χ2n) is 7.48. The number of nitrogens with zero attached hydrogens (tertiary/aromatic N) is 1. The van der Waals surface area contributed by atoms with E-state index >= 15 is 0 Å². The van der Waals surface area contributed by atoms with Crippen molar-refractivity contribution in [3.63, 3.8) is 0 Å². The van der Waals surface area contributed by atoms with E-state index < -0.39 is 10.0 Å². The van der Waals surface area contributed by atoms with Gasteiger partial charge < -0.3 is 5.32 Å². The van der Waals surface area contributed by atoms with Gasteiger partial charge in [-0.2, -0.15) is 4.31 Å². The van der Waals surface area contributed by atoms with Crippen molar-refractivity contribution in [2.75, 3.05) is 13.1 Å². The number of rotatable bonds is 7. The molecule has 3 rings (SSSR count). The molecule has 1 aliphatic heterocycles. The third-order valence-corrected chi connectivity index (χ3v) is 9.65. The molecule has 1 atom stereocenters. The Hall–Kier alpha value is -1.22. The van der Waals surface area contributed by atoms with Crippen LogP contribution in [0.3, 0.4) is 0 Å². The van der Waals surface area contributed by atoms with Gasteiger partial charge in [0.05, 0.1) is 3.79 Å². The molecule has 1 fully saturated rings. The number of nitrogens with one attached hydrogen (secondary N) is 1. The third-order valence-electron chi connectivity index (χ3n) is 5.66. The molecule has 5 nitrogen and oxygen atoms in total.